The molecule has 0 spiro atoms. The Hall–Kier alpha value is -1.32. The van der Waals surface area contributed by atoms with Gasteiger partial charge in [0.05, 0.1) is 13.2 Å². The Labute approximate surface area is 128 Å². The van der Waals surface area contributed by atoms with Crippen LogP contribution in [0.5, 0.6) is 0 Å². The average molecular weight is 298 g/mol. The standard InChI is InChI=1S/C17H30O4/c1-3-5-6-7-8-9-10-11-15-21-17(19)13-12-16(18)20-14-4-2/h12-13H,3-11,14-15H2,1-2H3/b13-12+. The molecule has 0 saturated heterocycles. The van der Waals surface area contributed by atoms with Crippen LogP contribution in [-0.2, 0) is 19.1 Å². The van der Waals surface area contributed by atoms with Crippen molar-refractivity contribution in [2.24, 2.45) is 0 Å². The number of unbranched alkanes of at least 4 members (excludes halogenated alkanes) is 7. The van der Waals surface area contributed by atoms with Crippen molar-refractivity contribution in [3.8, 4) is 0 Å². The van der Waals surface area contributed by atoms with Crippen LogP contribution in [0.4, 0.5) is 0 Å². The molecule has 0 aliphatic rings. The molecule has 0 saturated carbocycles. The number of esters is 2. The molecule has 0 atom stereocenters. The zero-order valence-corrected chi connectivity index (χ0v) is 13.6. The van der Waals surface area contributed by atoms with Crippen LogP contribution in [0.2, 0.25) is 0 Å². The quantitative estimate of drug-likeness (QED) is 0.291. The van der Waals surface area contributed by atoms with E-state index in [-0.39, 0.29) is 0 Å². The molecule has 0 bridgehead atoms. The Morgan fingerprint density at radius 1 is 0.667 bits per heavy atom. The summed E-state index contributed by atoms with van der Waals surface area (Å²) in [4.78, 5) is 22.4. The van der Waals surface area contributed by atoms with Gasteiger partial charge in [-0.05, 0) is 12.8 Å². The van der Waals surface area contributed by atoms with Crippen molar-refractivity contribution in [3.63, 3.8) is 0 Å². The summed E-state index contributed by atoms with van der Waals surface area (Å²) in [6.45, 7) is 4.92. The van der Waals surface area contributed by atoms with Gasteiger partial charge in [-0.3, -0.25) is 0 Å². The molecule has 4 nitrogen and oxygen atoms in total. The van der Waals surface area contributed by atoms with E-state index in [4.69, 9.17) is 9.47 Å². The smallest absolute Gasteiger partial charge is 0.331 e. The summed E-state index contributed by atoms with van der Waals surface area (Å²) in [6, 6.07) is 0. The van der Waals surface area contributed by atoms with Crippen LogP contribution in [0.3, 0.4) is 0 Å². The minimum absolute atomic E-state index is 0.372. The van der Waals surface area contributed by atoms with Crippen molar-refractivity contribution in [3.05, 3.63) is 12.2 Å². The van der Waals surface area contributed by atoms with Crippen molar-refractivity contribution < 1.29 is 19.1 Å². The lowest BCUT2D eigenvalue weighted by Gasteiger charge is -2.03. The van der Waals surface area contributed by atoms with Crippen LogP contribution >= 0.6 is 0 Å². The van der Waals surface area contributed by atoms with E-state index >= 15 is 0 Å². The van der Waals surface area contributed by atoms with E-state index in [1.165, 1.54) is 38.5 Å². The zero-order valence-electron chi connectivity index (χ0n) is 13.6. The van der Waals surface area contributed by atoms with Crippen LogP contribution in [0.25, 0.3) is 0 Å². The Balaban J connectivity index is 3.41. The van der Waals surface area contributed by atoms with Gasteiger partial charge in [0, 0.05) is 12.2 Å². The lowest BCUT2D eigenvalue weighted by Crippen LogP contribution is -2.05. The monoisotopic (exact) mass is 298 g/mol. The summed E-state index contributed by atoms with van der Waals surface area (Å²) in [5, 5.41) is 0. The second-order valence-electron chi connectivity index (χ2n) is 5.14. The number of hydrogen-bond acceptors (Lipinski definition) is 4. The third kappa shape index (κ3) is 14.9. The summed E-state index contributed by atoms with van der Waals surface area (Å²) >= 11 is 0. The van der Waals surface area contributed by atoms with Gasteiger partial charge in [0.1, 0.15) is 0 Å². The van der Waals surface area contributed by atoms with E-state index in [0.29, 0.717) is 13.2 Å². The first kappa shape index (κ1) is 19.7. The van der Waals surface area contributed by atoms with Crippen LogP contribution in [0, 0.1) is 0 Å². The summed E-state index contributed by atoms with van der Waals surface area (Å²) in [5.41, 5.74) is 0. The zero-order chi connectivity index (χ0) is 15.8. The second kappa shape index (κ2) is 15.1. The van der Waals surface area contributed by atoms with Crippen molar-refractivity contribution in [2.75, 3.05) is 13.2 Å². The molecule has 0 rings (SSSR count). The molecule has 4 heteroatoms. The molecule has 0 aliphatic heterocycles. The maximum Gasteiger partial charge on any atom is 0.331 e. The lowest BCUT2D eigenvalue weighted by atomic mass is 10.1. The summed E-state index contributed by atoms with van der Waals surface area (Å²) in [7, 11) is 0. The van der Waals surface area contributed by atoms with Gasteiger partial charge in [-0.2, -0.15) is 0 Å². The minimum Gasteiger partial charge on any atom is -0.463 e. The first-order chi connectivity index (χ1) is 10.2. The van der Waals surface area contributed by atoms with Gasteiger partial charge in [-0.25, -0.2) is 9.59 Å². The van der Waals surface area contributed by atoms with E-state index < -0.39 is 11.9 Å². The van der Waals surface area contributed by atoms with Crippen molar-refractivity contribution >= 4 is 11.9 Å². The van der Waals surface area contributed by atoms with Gasteiger partial charge in [0.2, 0.25) is 0 Å². The highest BCUT2D eigenvalue weighted by Crippen LogP contribution is 2.08. The average Bonchev–Trinajstić information content (AvgIpc) is 2.49. The molecule has 0 amide bonds. The molecular weight excluding hydrogens is 268 g/mol. The first-order valence-corrected chi connectivity index (χ1v) is 8.22. The van der Waals surface area contributed by atoms with E-state index in [1.54, 1.807) is 0 Å². The Morgan fingerprint density at radius 2 is 1.14 bits per heavy atom. The van der Waals surface area contributed by atoms with Gasteiger partial charge in [-0.1, -0.05) is 58.8 Å². The van der Waals surface area contributed by atoms with E-state index in [1.807, 2.05) is 6.92 Å². The third-order valence-electron chi connectivity index (χ3n) is 3.05. The maximum absolute atomic E-state index is 11.3. The summed E-state index contributed by atoms with van der Waals surface area (Å²) in [6.07, 6.45) is 12.7. The normalized spacial score (nSPS) is 10.8. The number of hydrogen-bond donors (Lipinski definition) is 0. The molecule has 0 aliphatic carbocycles. The van der Waals surface area contributed by atoms with Gasteiger partial charge < -0.3 is 9.47 Å². The number of carbonyl (C=O) groups excluding carboxylic acids is 2. The van der Waals surface area contributed by atoms with Gasteiger partial charge in [-0.15, -0.1) is 0 Å². The minimum atomic E-state index is -0.499. The maximum atomic E-state index is 11.3. The molecule has 0 aromatic heterocycles. The van der Waals surface area contributed by atoms with Crippen LogP contribution in [0.15, 0.2) is 12.2 Å². The van der Waals surface area contributed by atoms with Gasteiger partial charge in [0.25, 0.3) is 0 Å². The van der Waals surface area contributed by atoms with Crippen LogP contribution in [-0.4, -0.2) is 25.2 Å². The van der Waals surface area contributed by atoms with E-state index in [2.05, 4.69) is 6.92 Å². The van der Waals surface area contributed by atoms with E-state index in [0.717, 1.165) is 31.4 Å². The Kier molecular flexibility index (Phi) is 14.1. The van der Waals surface area contributed by atoms with Crippen LogP contribution in [0.1, 0.15) is 71.6 Å². The SMILES string of the molecule is CCCCCCCCCCOC(=O)/C=C/C(=O)OCCC. The molecule has 0 unspecified atom stereocenters. The fraction of sp³-hybridized carbons (Fsp3) is 0.765. The molecule has 21 heavy (non-hydrogen) atoms. The van der Waals surface area contributed by atoms with Gasteiger partial charge >= 0.3 is 11.9 Å². The molecule has 122 valence electrons. The predicted molar refractivity (Wildman–Crippen MR) is 84.0 cm³/mol. The molecular formula is C17H30O4. The Morgan fingerprint density at radius 3 is 1.67 bits per heavy atom. The predicted octanol–water partition coefficient (Wildman–Crippen LogP) is 4.18. The highest BCUT2D eigenvalue weighted by molar-refractivity contribution is 5.91. The first-order valence-electron chi connectivity index (χ1n) is 8.22. The largest absolute Gasteiger partial charge is 0.463 e. The van der Waals surface area contributed by atoms with Crippen molar-refractivity contribution in [1.82, 2.24) is 0 Å². The van der Waals surface area contributed by atoms with Crippen molar-refractivity contribution in [1.29, 1.82) is 0 Å². The number of ether oxygens (including phenoxy) is 2. The molecule has 0 radical (unpaired) electrons. The van der Waals surface area contributed by atoms with Crippen molar-refractivity contribution in [2.45, 2.75) is 71.6 Å². The summed E-state index contributed by atoms with van der Waals surface area (Å²) < 4.78 is 9.81. The fourth-order valence-electron chi connectivity index (χ4n) is 1.84. The highest BCUT2D eigenvalue weighted by atomic mass is 16.5. The lowest BCUT2D eigenvalue weighted by molar-refractivity contribution is -0.140. The summed E-state index contributed by atoms with van der Waals surface area (Å²) in [5.74, 6) is -0.979. The second-order valence-corrected chi connectivity index (χ2v) is 5.14. The topological polar surface area (TPSA) is 52.6 Å². The van der Waals surface area contributed by atoms with Gasteiger partial charge in [0.15, 0.2) is 0 Å². The third-order valence-corrected chi connectivity index (χ3v) is 3.05. The highest BCUT2D eigenvalue weighted by Gasteiger charge is 2.00. The number of carbonyl (C=O) groups is 2. The van der Waals surface area contributed by atoms with E-state index in [9.17, 15) is 9.59 Å². The number of rotatable bonds is 13. The molecule has 0 heterocycles. The molecule has 0 aromatic carbocycles. The molecule has 0 fully saturated rings. The molecule has 0 aromatic rings. The Bertz CT molecular complexity index is 297. The van der Waals surface area contributed by atoms with Crippen LogP contribution < -0.4 is 0 Å². The fourth-order valence-corrected chi connectivity index (χ4v) is 1.84. The molecule has 0 N–H and O–H groups in total.